The largest absolute Gasteiger partial charge is 0.481 e. The van der Waals surface area contributed by atoms with E-state index in [9.17, 15) is 63.6 Å². The SMILES string of the molecule is Cc1sc2c(c1C)/C(c1ccc(Cl)cc1)=N\C(C(=O)N1CCN(C(=O)C3C[C@H](O)C(O)C(C(=O)O)C(C(=O)Nc4cccc5c4C(=O)N(C4CCC(=O)NC4=O)C5=O)CC3C(=O)O)CC1)Cc1nnc(C)n1-2. The van der Waals surface area contributed by atoms with Crippen LogP contribution in [0.5, 0.6) is 0 Å². The lowest BCUT2D eigenvalue weighted by molar-refractivity contribution is -0.166. The number of hydrogen-bond donors (Lipinski definition) is 6. The minimum atomic E-state index is -2.19. The van der Waals surface area contributed by atoms with E-state index in [4.69, 9.17) is 16.6 Å². The van der Waals surface area contributed by atoms with Gasteiger partial charge in [0, 0.05) is 60.0 Å². The van der Waals surface area contributed by atoms with Gasteiger partial charge in [0.1, 0.15) is 28.7 Å². The number of piperidine rings is 1. The Labute approximate surface area is 418 Å². The van der Waals surface area contributed by atoms with Crippen LogP contribution in [0.2, 0.25) is 5.02 Å². The molecule has 6 heterocycles. The number of aliphatic hydroxyl groups excluding tert-OH is 2. The Morgan fingerprint density at radius 2 is 1.49 bits per heavy atom. The number of piperazine rings is 1. The second-order valence-corrected chi connectivity index (χ2v) is 20.2. The van der Waals surface area contributed by atoms with E-state index in [0.29, 0.717) is 27.3 Å². The summed E-state index contributed by atoms with van der Waals surface area (Å²) < 4.78 is 1.93. The number of fused-ring (bicyclic) bond motifs is 4. The molecular weight excluding hydrogens is 978 g/mol. The molecule has 24 heteroatoms. The van der Waals surface area contributed by atoms with Crippen LogP contribution in [-0.2, 0) is 40.0 Å². The van der Waals surface area contributed by atoms with Crippen molar-refractivity contribution >= 4 is 87.6 Å². The third kappa shape index (κ3) is 8.83. The molecule has 2 aromatic carbocycles. The molecule has 7 amide bonds. The predicted octanol–water partition coefficient (Wildman–Crippen LogP) is 1.53. The summed E-state index contributed by atoms with van der Waals surface area (Å²) in [5.41, 5.74) is 2.21. The maximum Gasteiger partial charge on any atom is 0.310 e. The molecule has 22 nitrogen and oxygen atoms in total. The number of amides is 7. The molecule has 2 saturated heterocycles. The lowest BCUT2D eigenvalue weighted by atomic mass is 9.70. The lowest BCUT2D eigenvalue weighted by Crippen LogP contribution is -2.56. The van der Waals surface area contributed by atoms with Crippen molar-refractivity contribution < 1.29 is 63.6 Å². The summed E-state index contributed by atoms with van der Waals surface area (Å²) in [7, 11) is 0. The molecule has 2 aromatic heterocycles. The number of hydrogen-bond acceptors (Lipinski definition) is 15. The molecule has 8 atom stereocenters. The summed E-state index contributed by atoms with van der Waals surface area (Å²) in [6.45, 7) is 5.62. The smallest absolute Gasteiger partial charge is 0.310 e. The van der Waals surface area contributed by atoms with Crippen LogP contribution in [0, 0.1) is 44.4 Å². The van der Waals surface area contributed by atoms with E-state index < -0.39 is 108 Å². The van der Waals surface area contributed by atoms with Crippen LogP contribution in [0.15, 0.2) is 47.5 Å². The molecule has 0 radical (unpaired) electrons. The first-order valence-electron chi connectivity index (χ1n) is 23.2. The molecular formula is C48H48ClN9O13S. The number of thiophene rings is 1. The fourth-order valence-corrected chi connectivity index (χ4v) is 11.8. The van der Waals surface area contributed by atoms with E-state index in [-0.39, 0.29) is 68.2 Å². The Balaban J connectivity index is 0.950. The van der Waals surface area contributed by atoms with Crippen molar-refractivity contribution in [2.45, 2.75) is 77.2 Å². The molecule has 376 valence electrons. The molecule has 1 saturated carbocycles. The minimum absolute atomic E-state index is 0.00816. The third-order valence-corrected chi connectivity index (χ3v) is 15.8. The first-order valence-corrected chi connectivity index (χ1v) is 24.3. The van der Waals surface area contributed by atoms with E-state index >= 15 is 0 Å². The number of anilines is 1. The Morgan fingerprint density at radius 1 is 0.806 bits per heavy atom. The zero-order chi connectivity index (χ0) is 51.6. The van der Waals surface area contributed by atoms with Gasteiger partial charge in [-0.05, 0) is 69.9 Å². The Hall–Kier alpha value is -7.21. The van der Waals surface area contributed by atoms with Gasteiger partial charge >= 0.3 is 11.9 Å². The summed E-state index contributed by atoms with van der Waals surface area (Å²) in [4.78, 5) is 131. The summed E-state index contributed by atoms with van der Waals surface area (Å²) in [6.07, 6.45) is -5.96. The molecule has 0 spiro atoms. The van der Waals surface area contributed by atoms with Crippen molar-refractivity contribution in [2.75, 3.05) is 31.5 Å². The van der Waals surface area contributed by atoms with Crippen molar-refractivity contribution in [3.63, 3.8) is 0 Å². The third-order valence-electron chi connectivity index (χ3n) is 14.3. The molecule has 0 bridgehead atoms. The zero-order valence-corrected chi connectivity index (χ0v) is 40.5. The number of benzene rings is 2. The van der Waals surface area contributed by atoms with Gasteiger partial charge in [0.25, 0.3) is 11.8 Å². The fraction of sp³-hybridized carbons (Fsp3) is 0.417. The molecule has 3 fully saturated rings. The number of carboxylic acid groups (broad SMARTS) is 2. The number of aromatic nitrogens is 3. The number of aliphatic hydroxyl groups is 2. The molecule has 1 aliphatic carbocycles. The molecule has 4 aromatic rings. The highest BCUT2D eigenvalue weighted by Gasteiger charge is 2.52. The topological polar surface area (TPSA) is 311 Å². The zero-order valence-electron chi connectivity index (χ0n) is 38.9. The molecule has 72 heavy (non-hydrogen) atoms. The standard InChI is InChI=1S/C48H48ClN9O13S/c1-20-21(2)72-46-35(20)38(23-7-9-24(49)10-8-23)50-30(19-33-54-53-22(3)57(33)46)44(66)56-15-13-55(14-16-56)42(64)26-18-32(59)39(61)37(48(70)71)28(17-27(26)47(68)69)40(62)51-29-6-4-5-25-36(29)45(67)58(43(25)65)31-11-12-34(60)52-41(31)63/h4-10,26-28,30-32,37,39,59,61H,11-19H2,1-3H3,(H,51,62)(H,68,69)(H,70,71)(H,52,60,63)/b50-38-/t26?,27?,28?,30?,31?,32-,37?,39?/m0/s1. The van der Waals surface area contributed by atoms with E-state index in [1.54, 1.807) is 28.4 Å². The number of nitrogens with zero attached hydrogens (tertiary/aromatic N) is 7. The van der Waals surface area contributed by atoms with E-state index in [2.05, 4.69) is 20.8 Å². The highest BCUT2D eigenvalue weighted by Crippen LogP contribution is 2.40. The van der Waals surface area contributed by atoms with E-state index in [0.717, 1.165) is 26.6 Å². The van der Waals surface area contributed by atoms with Crippen LogP contribution < -0.4 is 10.6 Å². The number of carbonyl (C=O) groups is 9. The Morgan fingerprint density at radius 3 is 2.14 bits per heavy atom. The quantitative estimate of drug-likeness (QED) is 0.136. The number of rotatable bonds is 8. The van der Waals surface area contributed by atoms with Crippen molar-refractivity contribution in [3.05, 3.63) is 91.8 Å². The van der Waals surface area contributed by atoms with Crippen molar-refractivity contribution in [3.8, 4) is 5.00 Å². The van der Waals surface area contributed by atoms with E-state index in [1.165, 1.54) is 23.1 Å². The number of nitrogens with one attached hydrogen (secondary N) is 2. The van der Waals surface area contributed by atoms with Gasteiger partial charge in [0.05, 0.1) is 58.4 Å². The van der Waals surface area contributed by atoms with Crippen LogP contribution in [0.25, 0.3) is 5.00 Å². The number of aliphatic imine (C=N–C) groups is 1. The van der Waals surface area contributed by atoms with Gasteiger partial charge in [-0.2, -0.15) is 0 Å². The molecule has 5 aliphatic rings. The maximum absolute atomic E-state index is 14.6. The summed E-state index contributed by atoms with van der Waals surface area (Å²) in [5.74, 6) is -15.4. The van der Waals surface area contributed by atoms with Crippen molar-refractivity contribution in [1.82, 2.24) is 34.8 Å². The number of aryl methyl sites for hydroxylation is 2. The fourth-order valence-electron chi connectivity index (χ4n) is 10.5. The number of aliphatic carboxylic acids is 2. The molecule has 6 N–H and O–H groups in total. The van der Waals surface area contributed by atoms with Crippen LogP contribution in [0.1, 0.15) is 79.6 Å². The number of carboxylic acids is 2. The van der Waals surface area contributed by atoms with Gasteiger partial charge in [-0.15, -0.1) is 21.5 Å². The van der Waals surface area contributed by atoms with Gasteiger partial charge in [-0.25, -0.2) is 0 Å². The highest BCUT2D eigenvalue weighted by molar-refractivity contribution is 7.15. The monoisotopic (exact) mass is 1030 g/mol. The predicted molar refractivity (Wildman–Crippen MR) is 253 cm³/mol. The van der Waals surface area contributed by atoms with Crippen LogP contribution in [0.3, 0.4) is 0 Å². The van der Waals surface area contributed by atoms with Crippen molar-refractivity contribution in [1.29, 1.82) is 0 Å². The van der Waals surface area contributed by atoms with Gasteiger partial charge in [0.2, 0.25) is 29.5 Å². The Bertz CT molecular complexity index is 3020. The van der Waals surface area contributed by atoms with Gasteiger partial charge in [-0.1, -0.05) is 29.8 Å². The minimum Gasteiger partial charge on any atom is -0.481 e. The molecule has 7 unspecified atom stereocenters. The number of imide groups is 2. The van der Waals surface area contributed by atoms with Gasteiger partial charge in [-0.3, -0.25) is 62.9 Å². The van der Waals surface area contributed by atoms with Crippen LogP contribution >= 0.6 is 22.9 Å². The second-order valence-electron chi connectivity index (χ2n) is 18.5. The van der Waals surface area contributed by atoms with Crippen LogP contribution in [0.4, 0.5) is 5.69 Å². The summed E-state index contributed by atoms with van der Waals surface area (Å²) in [5, 5.41) is 58.4. The average molecular weight is 1030 g/mol. The number of carbonyl (C=O) groups excluding carboxylic acids is 7. The summed E-state index contributed by atoms with van der Waals surface area (Å²) >= 11 is 7.84. The highest BCUT2D eigenvalue weighted by atomic mass is 35.5. The first-order chi connectivity index (χ1) is 34.2. The average Bonchev–Trinajstić information content (AvgIpc) is 3.93. The van der Waals surface area contributed by atoms with Gasteiger partial charge < -0.3 is 35.5 Å². The molecule has 9 rings (SSSR count). The Kier molecular flexibility index (Phi) is 13.4. The van der Waals surface area contributed by atoms with Gasteiger partial charge in [0.15, 0.2) is 0 Å². The lowest BCUT2D eigenvalue weighted by Gasteiger charge is -2.41. The maximum atomic E-state index is 14.6. The second kappa shape index (κ2) is 19.4. The van der Waals surface area contributed by atoms with Crippen LogP contribution in [-0.4, -0.2) is 159 Å². The first kappa shape index (κ1) is 49.8. The number of halogens is 1. The van der Waals surface area contributed by atoms with E-state index in [1.807, 2.05) is 37.5 Å². The normalized spacial score (nSPS) is 26.2. The van der Waals surface area contributed by atoms with Crippen molar-refractivity contribution in [2.24, 2.45) is 28.7 Å². The molecule has 4 aliphatic heterocycles. The summed E-state index contributed by atoms with van der Waals surface area (Å²) in [6, 6.07) is 8.59.